The van der Waals surface area contributed by atoms with Gasteiger partial charge in [-0.2, -0.15) is 0 Å². The molecular weight excluding hydrogens is 256 g/mol. The van der Waals surface area contributed by atoms with E-state index in [-0.39, 0.29) is 5.91 Å². The fourth-order valence-electron chi connectivity index (χ4n) is 3.99. The van der Waals surface area contributed by atoms with Crippen molar-refractivity contribution in [2.24, 2.45) is 17.1 Å². The number of nitrogens with two attached hydrogens (primary N) is 1. The van der Waals surface area contributed by atoms with Gasteiger partial charge >= 0.3 is 0 Å². The van der Waals surface area contributed by atoms with Crippen LogP contribution in [0.5, 0.6) is 0 Å². The third kappa shape index (κ3) is 2.51. The molecule has 19 heavy (non-hydrogen) atoms. The van der Waals surface area contributed by atoms with Crippen LogP contribution in [-0.2, 0) is 4.79 Å². The first kappa shape index (κ1) is 14.8. The Morgan fingerprint density at radius 2 is 1.95 bits per heavy atom. The zero-order valence-electron chi connectivity index (χ0n) is 12.2. The van der Waals surface area contributed by atoms with Gasteiger partial charge in [0.15, 0.2) is 0 Å². The number of nitrogens with zero attached hydrogens (tertiary/aromatic N) is 1. The highest BCUT2D eigenvalue weighted by Crippen LogP contribution is 2.42. The Balaban J connectivity index is 2.21. The highest BCUT2D eigenvalue weighted by atomic mass is 32.1. The second kappa shape index (κ2) is 5.78. The Hall–Kier alpha value is -0.640. The molecule has 2 N–H and O–H groups in total. The van der Waals surface area contributed by atoms with Crippen molar-refractivity contribution in [3.63, 3.8) is 0 Å². The fourth-order valence-corrected chi connectivity index (χ4v) is 4.28. The van der Waals surface area contributed by atoms with Crippen LogP contribution < -0.4 is 5.73 Å². The molecule has 4 heteroatoms. The molecule has 1 amide bonds. The van der Waals surface area contributed by atoms with Crippen molar-refractivity contribution in [1.29, 1.82) is 0 Å². The molecule has 2 bridgehead atoms. The number of carbonyl (C=O) groups excluding carboxylic acids is 1. The van der Waals surface area contributed by atoms with E-state index < -0.39 is 5.41 Å². The van der Waals surface area contributed by atoms with Crippen LogP contribution in [-0.4, -0.2) is 28.4 Å². The summed E-state index contributed by atoms with van der Waals surface area (Å²) in [6.07, 6.45) is 7.14. The molecule has 1 heterocycles. The maximum Gasteiger partial charge on any atom is 0.235 e. The minimum absolute atomic E-state index is 0.218. The molecule has 1 saturated heterocycles. The predicted molar refractivity (Wildman–Crippen MR) is 81.9 cm³/mol. The Morgan fingerprint density at radius 1 is 1.32 bits per heavy atom. The molecule has 0 aromatic carbocycles. The summed E-state index contributed by atoms with van der Waals surface area (Å²) in [4.78, 5) is 15.5. The average Bonchev–Trinajstić information content (AvgIpc) is 2.99. The van der Waals surface area contributed by atoms with E-state index in [4.69, 9.17) is 18.0 Å². The van der Waals surface area contributed by atoms with E-state index in [1.807, 2.05) is 0 Å². The molecule has 1 aliphatic carbocycles. The van der Waals surface area contributed by atoms with Gasteiger partial charge in [0.25, 0.3) is 0 Å². The van der Waals surface area contributed by atoms with Crippen molar-refractivity contribution < 1.29 is 4.79 Å². The van der Waals surface area contributed by atoms with E-state index in [2.05, 4.69) is 18.7 Å². The van der Waals surface area contributed by atoms with Crippen LogP contribution in [0.15, 0.2) is 0 Å². The summed E-state index contributed by atoms with van der Waals surface area (Å²) >= 11 is 5.29. The summed E-state index contributed by atoms with van der Waals surface area (Å²) in [7, 11) is 0. The largest absolute Gasteiger partial charge is 0.392 e. The summed E-state index contributed by atoms with van der Waals surface area (Å²) in [5.41, 5.74) is 5.41. The number of piperidine rings is 1. The number of amides is 1. The first-order chi connectivity index (χ1) is 9.05. The van der Waals surface area contributed by atoms with E-state index in [9.17, 15) is 4.79 Å². The normalized spacial score (nSPS) is 25.9. The van der Waals surface area contributed by atoms with E-state index >= 15 is 0 Å². The van der Waals surface area contributed by atoms with E-state index in [1.54, 1.807) is 0 Å². The number of thiocarbonyl (C=S) groups is 1. The number of hydrogen-bond acceptors (Lipinski definition) is 2. The molecule has 108 valence electrons. The Bertz CT molecular complexity index is 363. The topological polar surface area (TPSA) is 46.3 Å². The van der Waals surface area contributed by atoms with Gasteiger partial charge < -0.3 is 10.6 Å². The van der Waals surface area contributed by atoms with Crippen molar-refractivity contribution in [2.45, 2.75) is 64.8 Å². The summed E-state index contributed by atoms with van der Waals surface area (Å²) in [5.74, 6) is 0.942. The van der Waals surface area contributed by atoms with Gasteiger partial charge in [-0.15, -0.1) is 0 Å². The minimum atomic E-state index is -0.580. The molecule has 2 aliphatic rings. The molecule has 0 spiro atoms. The lowest BCUT2D eigenvalue weighted by molar-refractivity contribution is -0.140. The number of likely N-dealkylation sites (tertiary alicyclic amines) is 1. The van der Waals surface area contributed by atoms with Gasteiger partial charge in [-0.1, -0.05) is 38.9 Å². The molecule has 0 aromatic rings. The summed E-state index contributed by atoms with van der Waals surface area (Å²) < 4.78 is 0. The van der Waals surface area contributed by atoms with Crippen LogP contribution in [0.25, 0.3) is 0 Å². The zero-order valence-corrected chi connectivity index (χ0v) is 13.0. The molecule has 2 atom stereocenters. The van der Waals surface area contributed by atoms with Gasteiger partial charge in [-0.25, -0.2) is 0 Å². The molecule has 1 saturated carbocycles. The molecule has 0 aromatic heterocycles. The molecule has 3 nitrogen and oxygen atoms in total. The van der Waals surface area contributed by atoms with E-state index in [1.165, 1.54) is 19.3 Å². The lowest BCUT2D eigenvalue weighted by Crippen LogP contribution is -2.52. The highest BCUT2D eigenvalue weighted by molar-refractivity contribution is 7.80. The van der Waals surface area contributed by atoms with Crippen LogP contribution in [0.4, 0.5) is 0 Å². The third-order valence-corrected chi connectivity index (χ3v) is 5.30. The zero-order chi connectivity index (χ0) is 14.0. The lowest BCUT2D eigenvalue weighted by Gasteiger charge is -2.38. The monoisotopic (exact) mass is 282 g/mol. The average molecular weight is 282 g/mol. The van der Waals surface area contributed by atoms with E-state index in [0.29, 0.717) is 11.0 Å². The van der Waals surface area contributed by atoms with Crippen molar-refractivity contribution in [2.75, 3.05) is 6.54 Å². The van der Waals surface area contributed by atoms with Crippen LogP contribution in [0.2, 0.25) is 0 Å². The minimum Gasteiger partial charge on any atom is -0.392 e. The number of hydrogen-bond donors (Lipinski definition) is 1. The third-order valence-electron chi connectivity index (χ3n) is 4.90. The molecule has 0 radical (unpaired) electrons. The SMILES string of the molecule is CCCC(CCC)(C(=O)N1CC2CCC1C2)C(N)=S. The number of fused-ring (bicyclic) bond motifs is 2. The molecule has 2 unspecified atom stereocenters. The van der Waals surface area contributed by atoms with Crippen molar-refractivity contribution >= 4 is 23.1 Å². The van der Waals surface area contributed by atoms with Crippen LogP contribution in [0, 0.1) is 11.3 Å². The van der Waals surface area contributed by atoms with Crippen molar-refractivity contribution in [3.8, 4) is 0 Å². The molecule has 2 fully saturated rings. The van der Waals surface area contributed by atoms with Gasteiger partial charge in [0.1, 0.15) is 0 Å². The Morgan fingerprint density at radius 3 is 2.32 bits per heavy atom. The highest BCUT2D eigenvalue weighted by Gasteiger charge is 2.48. The second-order valence-electron chi connectivity index (χ2n) is 6.24. The van der Waals surface area contributed by atoms with Gasteiger partial charge in [-0.3, -0.25) is 4.79 Å². The number of rotatable bonds is 6. The smallest absolute Gasteiger partial charge is 0.235 e. The van der Waals surface area contributed by atoms with Gasteiger partial charge in [0.2, 0.25) is 5.91 Å². The second-order valence-corrected chi connectivity index (χ2v) is 6.68. The Kier molecular flexibility index (Phi) is 4.49. The predicted octanol–water partition coefficient (Wildman–Crippen LogP) is 2.87. The molecular formula is C15H26N2OS. The molecule has 1 aliphatic heterocycles. The maximum absolute atomic E-state index is 13.0. The van der Waals surface area contributed by atoms with Crippen molar-refractivity contribution in [3.05, 3.63) is 0 Å². The van der Waals surface area contributed by atoms with Crippen molar-refractivity contribution in [1.82, 2.24) is 4.90 Å². The first-order valence-corrected chi connectivity index (χ1v) is 8.07. The summed E-state index contributed by atoms with van der Waals surface area (Å²) in [5, 5.41) is 0. The van der Waals surface area contributed by atoms with Crippen LogP contribution >= 0.6 is 12.2 Å². The number of carbonyl (C=O) groups is 1. The first-order valence-electron chi connectivity index (χ1n) is 7.66. The Labute approximate surface area is 121 Å². The molecule has 2 rings (SSSR count). The quantitative estimate of drug-likeness (QED) is 0.762. The van der Waals surface area contributed by atoms with Gasteiger partial charge in [0, 0.05) is 12.6 Å². The van der Waals surface area contributed by atoms with Gasteiger partial charge in [0.05, 0.1) is 10.4 Å². The van der Waals surface area contributed by atoms with Gasteiger partial charge in [-0.05, 0) is 38.0 Å². The maximum atomic E-state index is 13.0. The van der Waals surface area contributed by atoms with E-state index in [0.717, 1.165) is 38.1 Å². The lowest BCUT2D eigenvalue weighted by atomic mass is 9.77. The van der Waals surface area contributed by atoms with Crippen LogP contribution in [0.1, 0.15) is 58.8 Å². The fraction of sp³-hybridized carbons (Fsp3) is 0.867. The summed E-state index contributed by atoms with van der Waals surface area (Å²) in [6, 6.07) is 0.458. The van der Waals surface area contributed by atoms with Crippen LogP contribution in [0.3, 0.4) is 0 Å². The summed E-state index contributed by atoms with van der Waals surface area (Å²) in [6.45, 7) is 5.14. The standard InChI is InChI=1S/C15H26N2OS/c1-3-7-15(8-4-2,13(16)19)14(18)17-10-11-5-6-12(17)9-11/h11-12H,3-10H2,1-2H3,(H2,16,19).